The Morgan fingerprint density at radius 2 is 1.68 bits per heavy atom. The van der Waals surface area contributed by atoms with Crippen molar-refractivity contribution in [1.82, 2.24) is 4.90 Å². The van der Waals surface area contributed by atoms with Gasteiger partial charge in [0.05, 0.1) is 18.6 Å². The number of rotatable bonds is 5. The minimum Gasteiger partial charge on any atom is -0.490 e. The van der Waals surface area contributed by atoms with Crippen LogP contribution in [0.1, 0.15) is 71.7 Å². The molecule has 0 unspecified atom stereocenters. The van der Waals surface area contributed by atoms with E-state index in [-0.39, 0.29) is 12.2 Å². The number of ether oxygens (including phenoxy) is 1. The molecule has 5 nitrogen and oxygen atoms in total. The van der Waals surface area contributed by atoms with E-state index < -0.39 is 11.6 Å². The van der Waals surface area contributed by atoms with Gasteiger partial charge in [-0.05, 0) is 117 Å². The Bertz CT molecular complexity index is 1390. The first-order valence-corrected chi connectivity index (χ1v) is 14.1. The summed E-state index contributed by atoms with van der Waals surface area (Å²) in [5.74, 6) is -0.865. The van der Waals surface area contributed by atoms with E-state index in [9.17, 15) is 9.90 Å². The van der Waals surface area contributed by atoms with Crippen LogP contribution in [-0.2, 0) is 37.1 Å². The molecule has 6 heteroatoms. The van der Waals surface area contributed by atoms with Gasteiger partial charge in [0.15, 0.2) is 11.6 Å². The largest absolute Gasteiger partial charge is 0.490 e. The van der Waals surface area contributed by atoms with Gasteiger partial charge in [-0.1, -0.05) is 30.3 Å². The van der Waals surface area contributed by atoms with Crippen LogP contribution >= 0.6 is 0 Å². The highest BCUT2D eigenvalue weighted by Gasteiger charge is 2.29. The van der Waals surface area contributed by atoms with Gasteiger partial charge in [-0.25, -0.2) is 4.39 Å². The molecule has 3 aromatic carbocycles. The maximum absolute atomic E-state index is 15.2. The SMILES string of the molecule is CC(C)(C)O.Cc1c(-c2c(C)c3c(c(C)c2CC(=O)O)CCN(Cc2ccccc2)C3)cc(F)c2c1CCCO2. The molecule has 0 spiro atoms. The van der Waals surface area contributed by atoms with Crippen molar-refractivity contribution < 1.29 is 24.1 Å². The van der Waals surface area contributed by atoms with Crippen molar-refractivity contribution in [2.45, 2.75) is 85.9 Å². The minimum atomic E-state index is -0.866. The Labute approximate surface area is 237 Å². The average Bonchev–Trinajstić information content (AvgIpc) is 2.89. The number of carbonyl (C=O) groups is 1. The lowest BCUT2D eigenvalue weighted by Gasteiger charge is -2.34. The van der Waals surface area contributed by atoms with E-state index in [4.69, 9.17) is 9.84 Å². The quantitative estimate of drug-likeness (QED) is 0.372. The predicted octanol–water partition coefficient (Wildman–Crippen LogP) is 6.71. The van der Waals surface area contributed by atoms with Crippen molar-refractivity contribution in [3.63, 3.8) is 0 Å². The van der Waals surface area contributed by atoms with E-state index in [2.05, 4.69) is 36.1 Å². The smallest absolute Gasteiger partial charge is 0.307 e. The summed E-state index contributed by atoms with van der Waals surface area (Å²) in [6.07, 6.45) is 2.44. The standard InChI is InChI=1S/C30H32FNO3.C4H10O/c1-18-22-11-12-32(16-21-8-5-4-6-9-21)17-26(22)20(3)29(25(18)15-28(33)34)24-14-27(31)30-23(19(24)2)10-7-13-35-30;1-4(2,3)5/h4-6,8-9,14H,7,10-13,15-17H2,1-3H3,(H,33,34);5H,1-3H3. The highest BCUT2D eigenvalue weighted by atomic mass is 19.1. The van der Waals surface area contributed by atoms with E-state index in [1.165, 1.54) is 16.7 Å². The number of hydrogen-bond donors (Lipinski definition) is 2. The van der Waals surface area contributed by atoms with Crippen molar-refractivity contribution in [1.29, 1.82) is 0 Å². The third-order valence-electron chi connectivity index (χ3n) is 7.74. The molecular weight excluding hydrogens is 505 g/mol. The molecule has 0 saturated heterocycles. The normalized spacial score (nSPS) is 14.9. The number of nitrogens with zero attached hydrogens (tertiary/aromatic N) is 1. The summed E-state index contributed by atoms with van der Waals surface area (Å²) in [7, 11) is 0. The fourth-order valence-electron chi connectivity index (χ4n) is 5.96. The molecule has 0 aromatic heterocycles. The number of aliphatic carboxylic acids is 1. The third-order valence-corrected chi connectivity index (χ3v) is 7.74. The van der Waals surface area contributed by atoms with E-state index in [0.29, 0.717) is 12.4 Å². The second-order valence-electron chi connectivity index (χ2n) is 12.0. The van der Waals surface area contributed by atoms with E-state index in [1.807, 2.05) is 19.9 Å². The first kappa shape index (κ1) is 29.8. The fourth-order valence-corrected chi connectivity index (χ4v) is 5.96. The Morgan fingerprint density at radius 3 is 2.33 bits per heavy atom. The van der Waals surface area contributed by atoms with Crippen LogP contribution in [0.4, 0.5) is 4.39 Å². The third kappa shape index (κ3) is 6.73. The minimum absolute atomic E-state index is 0.0718. The number of hydrogen-bond acceptors (Lipinski definition) is 4. The summed E-state index contributed by atoms with van der Waals surface area (Å²) >= 11 is 0. The summed E-state index contributed by atoms with van der Waals surface area (Å²) in [5.41, 5.74) is 9.79. The number of fused-ring (bicyclic) bond motifs is 2. The lowest BCUT2D eigenvalue weighted by molar-refractivity contribution is -0.136. The second kappa shape index (κ2) is 12.1. The summed E-state index contributed by atoms with van der Waals surface area (Å²) in [6, 6.07) is 12.0. The number of benzene rings is 3. The van der Waals surface area contributed by atoms with Gasteiger partial charge in [0.1, 0.15) is 0 Å². The van der Waals surface area contributed by atoms with Crippen LogP contribution in [0, 0.1) is 26.6 Å². The highest BCUT2D eigenvalue weighted by Crippen LogP contribution is 2.43. The Balaban J connectivity index is 0.000000681. The Morgan fingerprint density at radius 1 is 1.00 bits per heavy atom. The zero-order valence-electron chi connectivity index (χ0n) is 24.7. The Hall–Kier alpha value is -3.22. The number of carboxylic acids is 1. The lowest BCUT2D eigenvalue weighted by Crippen LogP contribution is -2.32. The van der Waals surface area contributed by atoms with Gasteiger partial charge in [-0.15, -0.1) is 0 Å². The van der Waals surface area contributed by atoms with Gasteiger partial charge < -0.3 is 14.9 Å². The number of aliphatic hydroxyl groups is 1. The van der Waals surface area contributed by atoms with E-state index >= 15 is 4.39 Å². The van der Waals surface area contributed by atoms with E-state index in [1.54, 1.807) is 26.8 Å². The number of halogens is 1. The molecule has 214 valence electrons. The first-order chi connectivity index (χ1) is 18.8. The first-order valence-electron chi connectivity index (χ1n) is 14.1. The molecule has 0 aliphatic carbocycles. The molecular formula is C34H42FNO4. The molecule has 3 aromatic rings. The molecule has 40 heavy (non-hydrogen) atoms. The van der Waals surface area contributed by atoms with Gasteiger partial charge in [0.25, 0.3) is 0 Å². The van der Waals surface area contributed by atoms with Crippen LogP contribution in [0.15, 0.2) is 36.4 Å². The predicted molar refractivity (Wildman–Crippen MR) is 157 cm³/mol. The van der Waals surface area contributed by atoms with Crippen LogP contribution in [0.2, 0.25) is 0 Å². The van der Waals surface area contributed by atoms with Crippen LogP contribution in [0.5, 0.6) is 5.75 Å². The van der Waals surface area contributed by atoms with Gasteiger partial charge in [0, 0.05) is 25.2 Å². The monoisotopic (exact) mass is 547 g/mol. The van der Waals surface area contributed by atoms with Gasteiger partial charge >= 0.3 is 5.97 Å². The molecule has 0 fully saturated rings. The van der Waals surface area contributed by atoms with Gasteiger partial charge in [-0.3, -0.25) is 9.69 Å². The zero-order valence-corrected chi connectivity index (χ0v) is 24.7. The topological polar surface area (TPSA) is 70.0 Å². The summed E-state index contributed by atoms with van der Waals surface area (Å²) < 4.78 is 20.9. The zero-order chi connectivity index (χ0) is 29.2. The molecule has 0 bridgehead atoms. The van der Waals surface area contributed by atoms with Crippen molar-refractivity contribution in [2.75, 3.05) is 13.2 Å². The van der Waals surface area contributed by atoms with Crippen LogP contribution in [-0.4, -0.2) is 39.8 Å². The molecule has 2 N–H and O–H groups in total. The maximum Gasteiger partial charge on any atom is 0.307 e. The molecule has 0 amide bonds. The molecule has 2 aliphatic heterocycles. The van der Waals surface area contributed by atoms with Gasteiger partial charge in [-0.2, -0.15) is 0 Å². The van der Waals surface area contributed by atoms with Crippen LogP contribution in [0.3, 0.4) is 0 Å². The molecule has 2 aliphatic rings. The van der Waals surface area contributed by atoms with E-state index in [0.717, 1.165) is 77.8 Å². The molecule has 0 saturated carbocycles. The van der Waals surface area contributed by atoms with Crippen molar-refractivity contribution in [3.8, 4) is 16.9 Å². The van der Waals surface area contributed by atoms with Crippen LogP contribution in [0.25, 0.3) is 11.1 Å². The van der Waals surface area contributed by atoms with Crippen molar-refractivity contribution in [3.05, 3.63) is 86.7 Å². The Kier molecular flexibility index (Phi) is 9.01. The lowest BCUT2D eigenvalue weighted by atomic mass is 9.79. The highest BCUT2D eigenvalue weighted by molar-refractivity contribution is 5.83. The van der Waals surface area contributed by atoms with Crippen LogP contribution < -0.4 is 4.74 Å². The summed E-state index contributed by atoms with van der Waals surface area (Å²) in [4.78, 5) is 14.4. The maximum atomic E-state index is 15.2. The van der Waals surface area contributed by atoms with Crippen molar-refractivity contribution >= 4 is 5.97 Å². The molecule has 2 heterocycles. The molecule has 5 rings (SSSR count). The van der Waals surface area contributed by atoms with Gasteiger partial charge in [0.2, 0.25) is 0 Å². The summed E-state index contributed by atoms with van der Waals surface area (Å²) in [5, 5.41) is 18.3. The summed E-state index contributed by atoms with van der Waals surface area (Å²) in [6.45, 7) is 14.5. The second-order valence-corrected chi connectivity index (χ2v) is 12.0. The molecule has 0 atom stereocenters. The van der Waals surface area contributed by atoms with Crippen molar-refractivity contribution in [2.24, 2.45) is 0 Å². The molecule has 0 radical (unpaired) electrons. The average molecular weight is 548 g/mol. The fraction of sp³-hybridized carbons (Fsp3) is 0.441. The number of carboxylic acid groups (broad SMARTS) is 1.